The molecule has 0 radical (unpaired) electrons. The highest BCUT2D eigenvalue weighted by Crippen LogP contribution is 2.36. The number of nitrogens with one attached hydrogen (secondary N) is 1. The largest absolute Gasteiger partial charge is 0.493 e. The van der Waals surface area contributed by atoms with Crippen LogP contribution in [0, 0.1) is 0 Å². The summed E-state index contributed by atoms with van der Waals surface area (Å²) in [6, 6.07) is 6.44. The predicted molar refractivity (Wildman–Crippen MR) is 82.5 cm³/mol. The van der Waals surface area contributed by atoms with Crippen molar-refractivity contribution in [1.29, 1.82) is 0 Å². The van der Waals surface area contributed by atoms with Crippen molar-refractivity contribution in [1.82, 2.24) is 4.98 Å². The number of carbonyl (C=O) groups is 1. The lowest BCUT2D eigenvalue weighted by Crippen LogP contribution is -2.13. The number of methoxy groups -OCH3 is 1. The molecule has 0 fully saturated rings. The van der Waals surface area contributed by atoms with E-state index in [0.29, 0.717) is 27.0 Å². The van der Waals surface area contributed by atoms with Crippen LogP contribution in [0.3, 0.4) is 0 Å². The van der Waals surface area contributed by atoms with E-state index < -0.39 is 0 Å². The second-order valence-corrected chi connectivity index (χ2v) is 4.51. The van der Waals surface area contributed by atoms with Crippen LogP contribution in [-0.2, 0) is 0 Å². The molecule has 0 spiro atoms. The van der Waals surface area contributed by atoms with E-state index in [0.717, 1.165) is 0 Å². The van der Waals surface area contributed by atoms with Gasteiger partial charge in [-0.25, -0.2) is 0 Å². The molecule has 0 atom stereocenters. The number of hydrogen-bond acceptors (Lipinski definition) is 3. The van der Waals surface area contributed by atoms with Gasteiger partial charge in [0.15, 0.2) is 5.75 Å². The Bertz CT molecular complexity index is 606. The number of anilines is 1. The number of pyridine rings is 1. The molecule has 2 aromatic rings. The average molecular weight is 334 g/mol. The first-order valence-electron chi connectivity index (χ1n) is 5.36. The Kier molecular flexibility index (Phi) is 6.07. The van der Waals surface area contributed by atoms with Crippen molar-refractivity contribution in [3.8, 4) is 5.75 Å². The van der Waals surface area contributed by atoms with Crippen LogP contribution in [0.4, 0.5) is 5.69 Å². The molecule has 1 N–H and O–H groups in total. The van der Waals surface area contributed by atoms with E-state index in [1.807, 2.05) is 0 Å². The molecule has 1 heterocycles. The van der Waals surface area contributed by atoms with E-state index in [1.165, 1.54) is 13.3 Å². The molecular weight excluding hydrogens is 323 g/mol. The topological polar surface area (TPSA) is 51.2 Å². The highest BCUT2D eigenvalue weighted by Gasteiger charge is 2.13. The van der Waals surface area contributed by atoms with Gasteiger partial charge in [-0.1, -0.05) is 23.2 Å². The lowest BCUT2D eigenvalue weighted by atomic mass is 10.2. The zero-order chi connectivity index (χ0) is 13.8. The number of aromatic nitrogens is 1. The zero-order valence-electron chi connectivity index (χ0n) is 10.4. The summed E-state index contributed by atoms with van der Waals surface area (Å²) in [6.07, 6.45) is 3.06. The fourth-order valence-electron chi connectivity index (χ4n) is 1.55. The van der Waals surface area contributed by atoms with Gasteiger partial charge in [0.1, 0.15) is 0 Å². The van der Waals surface area contributed by atoms with Gasteiger partial charge in [-0.3, -0.25) is 9.78 Å². The quantitative estimate of drug-likeness (QED) is 0.921. The Hall–Kier alpha value is -1.49. The smallest absolute Gasteiger partial charge is 0.257 e. The van der Waals surface area contributed by atoms with Crippen molar-refractivity contribution in [2.45, 2.75) is 0 Å². The van der Waals surface area contributed by atoms with Crippen molar-refractivity contribution in [3.05, 3.63) is 52.3 Å². The van der Waals surface area contributed by atoms with Gasteiger partial charge in [-0.05, 0) is 24.3 Å². The predicted octanol–water partition coefficient (Wildman–Crippen LogP) is 4.07. The number of hydrogen-bond donors (Lipinski definition) is 1. The van der Waals surface area contributed by atoms with Crippen LogP contribution in [0.5, 0.6) is 5.75 Å². The Balaban J connectivity index is 0.00000200. The minimum atomic E-state index is -0.315. The van der Waals surface area contributed by atoms with E-state index >= 15 is 0 Å². The van der Waals surface area contributed by atoms with Crippen LogP contribution < -0.4 is 10.1 Å². The fraction of sp³-hybridized carbons (Fsp3) is 0.0769. The molecule has 0 saturated carbocycles. The molecule has 0 bridgehead atoms. The maximum absolute atomic E-state index is 12.0. The minimum Gasteiger partial charge on any atom is -0.493 e. The van der Waals surface area contributed by atoms with Gasteiger partial charge < -0.3 is 10.1 Å². The maximum Gasteiger partial charge on any atom is 0.257 e. The Morgan fingerprint density at radius 2 is 2.10 bits per heavy atom. The van der Waals surface area contributed by atoms with Crippen LogP contribution in [-0.4, -0.2) is 18.0 Å². The van der Waals surface area contributed by atoms with Crippen molar-refractivity contribution < 1.29 is 9.53 Å². The Morgan fingerprint density at radius 3 is 2.70 bits per heavy atom. The molecule has 4 nitrogen and oxygen atoms in total. The summed E-state index contributed by atoms with van der Waals surface area (Å²) in [5, 5.41) is 3.43. The highest BCUT2D eigenvalue weighted by atomic mass is 35.5. The first kappa shape index (κ1) is 16.6. The number of benzene rings is 1. The van der Waals surface area contributed by atoms with Gasteiger partial charge in [0.25, 0.3) is 5.91 Å². The van der Waals surface area contributed by atoms with Crippen molar-refractivity contribution in [2.75, 3.05) is 12.4 Å². The third-order valence-electron chi connectivity index (χ3n) is 2.38. The molecule has 1 aromatic heterocycles. The van der Waals surface area contributed by atoms with Crippen LogP contribution in [0.25, 0.3) is 0 Å². The van der Waals surface area contributed by atoms with Gasteiger partial charge in [0, 0.05) is 17.4 Å². The molecule has 106 valence electrons. The zero-order valence-corrected chi connectivity index (χ0v) is 12.7. The summed E-state index contributed by atoms with van der Waals surface area (Å²) in [5.74, 6) is 0.0491. The molecule has 1 aromatic carbocycles. The summed E-state index contributed by atoms with van der Waals surface area (Å²) in [6.45, 7) is 0. The monoisotopic (exact) mass is 332 g/mol. The number of halogens is 3. The second-order valence-electron chi connectivity index (χ2n) is 3.66. The molecule has 0 aliphatic heterocycles. The van der Waals surface area contributed by atoms with Gasteiger partial charge in [0.05, 0.1) is 23.4 Å². The van der Waals surface area contributed by atoms with E-state index in [9.17, 15) is 4.79 Å². The van der Waals surface area contributed by atoms with Crippen LogP contribution in [0.2, 0.25) is 10.0 Å². The van der Waals surface area contributed by atoms with Gasteiger partial charge in [-0.2, -0.15) is 0 Å². The highest BCUT2D eigenvalue weighted by molar-refractivity contribution is 6.36. The number of rotatable bonds is 3. The molecule has 20 heavy (non-hydrogen) atoms. The van der Waals surface area contributed by atoms with Gasteiger partial charge in [0.2, 0.25) is 0 Å². The lowest BCUT2D eigenvalue weighted by Gasteiger charge is -2.12. The van der Waals surface area contributed by atoms with E-state index in [-0.39, 0.29) is 18.3 Å². The van der Waals surface area contributed by atoms with Crippen LogP contribution >= 0.6 is 35.6 Å². The van der Waals surface area contributed by atoms with Gasteiger partial charge >= 0.3 is 0 Å². The summed E-state index contributed by atoms with van der Waals surface area (Å²) in [5.41, 5.74) is 0.842. The van der Waals surface area contributed by atoms with E-state index in [4.69, 9.17) is 27.9 Å². The first-order valence-corrected chi connectivity index (χ1v) is 6.12. The molecule has 0 aliphatic carbocycles. The minimum absolute atomic E-state index is 0. The van der Waals surface area contributed by atoms with E-state index in [2.05, 4.69) is 10.3 Å². The standard InChI is InChI=1S/C13H10Cl2N2O2.ClH/c1-19-12-10(15)5-9(14)6-11(12)17-13(18)8-3-2-4-16-7-8;/h2-7H,1H3,(H,17,18);1H. The summed E-state index contributed by atoms with van der Waals surface area (Å²) >= 11 is 11.9. The number of amides is 1. The van der Waals surface area contributed by atoms with Crippen LogP contribution in [0.1, 0.15) is 10.4 Å². The summed E-state index contributed by atoms with van der Waals surface area (Å²) in [7, 11) is 1.47. The first-order chi connectivity index (χ1) is 9.11. The molecular formula is C13H11Cl3N2O2. The average Bonchev–Trinajstić information content (AvgIpc) is 2.39. The molecule has 1 amide bonds. The van der Waals surface area contributed by atoms with Crippen molar-refractivity contribution in [3.63, 3.8) is 0 Å². The maximum atomic E-state index is 12.0. The SMILES string of the molecule is COc1c(Cl)cc(Cl)cc1NC(=O)c1cccnc1.Cl. The summed E-state index contributed by atoms with van der Waals surface area (Å²) < 4.78 is 5.15. The van der Waals surface area contributed by atoms with Gasteiger partial charge in [-0.15, -0.1) is 12.4 Å². The van der Waals surface area contributed by atoms with Crippen molar-refractivity contribution in [2.24, 2.45) is 0 Å². The number of carbonyl (C=O) groups excluding carboxylic acids is 1. The van der Waals surface area contributed by atoms with Crippen molar-refractivity contribution >= 4 is 47.2 Å². The van der Waals surface area contributed by atoms with E-state index in [1.54, 1.807) is 30.5 Å². The Morgan fingerprint density at radius 1 is 1.35 bits per heavy atom. The third kappa shape index (κ3) is 3.76. The summed E-state index contributed by atoms with van der Waals surface area (Å²) in [4.78, 5) is 15.9. The molecule has 0 unspecified atom stereocenters. The number of nitrogens with zero attached hydrogens (tertiary/aromatic N) is 1. The normalized spacial score (nSPS) is 9.55. The number of ether oxygens (including phenoxy) is 1. The Labute approximate surface area is 132 Å². The molecule has 0 saturated heterocycles. The fourth-order valence-corrected chi connectivity index (χ4v) is 2.12. The molecule has 7 heteroatoms. The second kappa shape index (κ2) is 7.33. The van der Waals surface area contributed by atoms with Crippen LogP contribution in [0.15, 0.2) is 36.7 Å². The lowest BCUT2D eigenvalue weighted by molar-refractivity contribution is 0.102. The molecule has 0 aliphatic rings. The molecule has 2 rings (SSSR count). The third-order valence-corrected chi connectivity index (χ3v) is 2.88.